The van der Waals surface area contributed by atoms with Gasteiger partial charge in [-0.25, -0.2) is 0 Å². The van der Waals surface area contributed by atoms with Crippen molar-refractivity contribution in [3.05, 3.63) is 0 Å². The van der Waals surface area contributed by atoms with Crippen LogP contribution in [0.15, 0.2) is 0 Å². The predicted molar refractivity (Wildman–Crippen MR) is 65.1 cm³/mol. The van der Waals surface area contributed by atoms with E-state index in [-0.39, 0.29) is 5.91 Å². The summed E-state index contributed by atoms with van der Waals surface area (Å²) in [6, 6.07) is 0. The smallest absolute Gasteiger partial charge is 0.216 e. The van der Waals surface area contributed by atoms with Gasteiger partial charge < -0.3 is 14.8 Å². The summed E-state index contributed by atoms with van der Waals surface area (Å²) in [6.45, 7) is 8.18. The van der Waals surface area contributed by atoms with E-state index < -0.39 is 0 Å². The first-order valence-electron chi connectivity index (χ1n) is 5.60. The van der Waals surface area contributed by atoms with Crippen LogP contribution in [0.4, 0.5) is 0 Å². The molecule has 0 radical (unpaired) electrons. The number of rotatable bonds is 8. The molecule has 0 aliphatic carbocycles. The van der Waals surface area contributed by atoms with Crippen LogP contribution in [0.2, 0.25) is 0 Å². The molecule has 0 aliphatic rings. The third-order valence-electron chi connectivity index (χ3n) is 1.38. The molecule has 0 saturated heterocycles. The maximum absolute atomic E-state index is 10.4. The molecule has 0 aromatic heterocycles. The van der Waals surface area contributed by atoms with Crippen molar-refractivity contribution < 1.29 is 14.3 Å². The lowest BCUT2D eigenvalue weighted by molar-refractivity contribution is -0.119. The van der Waals surface area contributed by atoms with Crippen LogP contribution in [-0.4, -0.2) is 38.9 Å². The van der Waals surface area contributed by atoms with Gasteiger partial charge in [-0.3, -0.25) is 4.79 Å². The highest BCUT2D eigenvalue weighted by molar-refractivity contribution is 5.72. The molecule has 4 nitrogen and oxygen atoms in total. The second-order valence-electron chi connectivity index (χ2n) is 2.66. The Morgan fingerprint density at radius 2 is 1.75 bits per heavy atom. The Balaban J connectivity index is 0. The van der Waals surface area contributed by atoms with E-state index in [1.807, 2.05) is 13.8 Å². The molecule has 0 rings (SSSR count). The van der Waals surface area contributed by atoms with Crippen LogP contribution in [0.1, 0.15) is 27.2 Å². The quantitative estimate of drug-likeness (QED) is 0.502. The number of carbonyl (C=O) groups excluding carboxylic acids is 1. The average molecular weight is 229 g/mol. The molecule has 0 atom stereocenters. The van der Waals surface area contributed by atoms with Gasteiger partial charge in [0.25, 0.3) is 0 Å². The maximum Gasteiger partial charge on any atom is 0.216 e. The number of amides is 1. The lowest BCUT2D eigenvalue weighted by Crippen LogP contribution is -2.24. The number of hydrogen-bond donors (Lipinski definition) is 1. The normalized spacial score (nSPS) is 8.62. The molecule has 0 aromatic rings. The minimum absolute atomic E-state index is 0.0427. The minimum atomic E-state index is -0.0427. The van der Waals surface area contributed by atoms with Gasteiger partial charge in [0.1, 0.15) is 0 Å². The van der Waals surface area contributed by atoms with Crippen LogP contribution < -0.4 is 5.32 Å². The first kappa shape index (κ1) is 17.3. The van der Waals surface area contributed by atoms with Crippen LogP contribution >= 0.6 is 0 Å². The van der Waals surface area contributed by atoms with Gasteiger partial charge in [-0.2, -0.15) is 0 Å². The molecule has 0 spiro atoms. The van der Waals surface area contributed by atoms with Gasteiger partial charge in [0, 0.05) is 19.9 Å². The van der Waals surface area contributed by atoms with Gasteiger partial charge in [0.05, 0.1) is 26.4 Å². The molecule has 0 aromatic carbocycles. The average Bonchev–Trinajstić information content (AvgIpc) is 2.29. The molecule has 0 bridgehead atoms. The lowest BCUT2D eigenvalue weighted by Gasteiger charge is -2.04. The molecule has 0 fully saturated rings. The number of carbonyl (C=O) groups is 1. The second kappa shape index (κ2) is 16.4. The molecule has 4 heteroatoms. The zero-order valence-electron chi connectivity index (χ0n) is 10.5. The van der Waals surface area contributed by atoms with Crippen LogP contribution in [0.5, 0.6) is 0 Å². The first-order chi connectivity index (χ1) is 7.77. The zero-order chi connectivity index (χ0) is 12.6. The van der Waals surface area contributed by atoms with Crippen molar-refractivity contribution in [3.8, 4) is 12.3 Å². The Hall–Kier alpha value is -1.05. The monoisotopic (exact) mass is 229 g/mol. The molecule has 0 unspecified atom stereocenters. The molecule has 1 amide bonds. The Bertz CT molecular complexity index is 187. The highest BCUT2D eigenvalue weighted by atomic mass is 16.5. The fraction of sp³-hybridized carbons (Fsp3) is 0.750. The van der Waals surface area contributed by atoms with Crippen LogP contribution in [0.25, 0.3) is 0 Å². The van der Waals surface area contributed by atoms with Crippen molar-refractivity contribution >= 4 is 5.91 Å². The topological polar surface area (TPSA) is 47.6 Å². The Morgan fingerprint density at radius 1 is 1.19 bits per heavy atom. The molecular weight excluding hydrogens is 206 g/mol. The summed E-state index contributed by atoms with van der Waals surface area (Å²) < 4.78 is 10.3. The van der Waals surface area contributed by atoms with E-state index in [1.165, 1.54) is 6.92 Å². The fourth-order valence-corrected chi connectivity index (χ4v) is 0.752. The number of nitrogens with one attached hydrogen (secondary N) is 1. The van der Waals surface area contributed by atoms with Crippen LogP contribution in [0.3, 0.4) is 0 Å². The van der Waals surface area contributed by atoms with E-state index in [1.54, 1.807) is 0 Å². The summed E-state index contributed by atoms with van der Waals surface area (Å²) in [5, 5.41) is 2.63. The SMILES string of the molecule is C#CCCOCCOCCNC(C)=O.CC. The van der Waals surface area contributed by atoms with Gasteiger partial charge in [0.2, 0.25) is 5.91 Å². The third-order valence-corrected chi connectivity index (χ3v) is 1.38. The van der Waals surface area contributed by atoms with Gasteiger partial charge >= 0.3 is 0 Å². The summed E-state index contributed by atoms with van der Waals surface area (Å²) in [7, 11) is 0. The van der Waals surface area contributed by atoms with E-state index in [0.717, 1.165) is 0 Å². The summed E-state index contributed by atoms with van der Waals surface area (Å²) in [5.74, 6) is 2.44. The van der Waals surface area contributed by atoms with Crippen molar-refractivity contribution in [2.45, 2.75) is 27.2 Å². The highest BCUT2D eigenvalue weighted by Gasteiger charge is 1.91. The molecule has 0 aliphatic heterocycles. The van der Waals surface area contributed by atoms with Crippen LogP contribution in [-0.2, 0) is 14.3 Å². The van der Waals surface area contributed by atoms with Crippen LogP contribution in [0, 0.1) is 12.3 Å². The number of hydrogen-bond acceptors (Lipinski definition) is 3. The molecule has 0 heterocycles. The number of terminal acetylenes is 1. The van der Waals surface area contributed by atoms with Gasteiger partial charge in [-0.1, -0.05) is 13.8 Å². The van der Waals surface area contributed by atoms with Crippen molar-refractivity contribution in [2.75, 3.05) is 33.0 Å². The predicted octanol–water partition coefficient (Wildman–Crippen LogP) is 1.21. The fourth-order valence-electron chi connectivity index (χ4n) is 0.752. The van der Waals surface area contributed by atoms with Gasteiger partial charge in [-0.15, -0.1) is 12.3 Å². The standard InChI is InChI=1S/C10H17NO3.C2H6/c1-3-4-6-13-8-9-14-7-5-11-10(2)12;1-2/h1H,4-9H2,2H3,(H,11,12);1-2H3. The Kier molecular flexibility index (Phi) is 17.8. The summed E-state index contributed by atoms with van der Waals surface area (Å²) >= 11 is 0. The van der Waals surface area contributed by atoms with Crippen molar-refractivity contribution in [1.82, 2.24) is 5.32 Å². The largest absolute Gasteiger partial charge is 0.378 e. The molecular formula is C12H23NO3. The van der Waals surface area contributed by atoms with Gasteiger partial charge in [0.15, 0.2) is 0 Å². The van der Waals surface area contributed by atoms with Crippen molar-refractivity contribution in [2.24, 2.45) is 0 Å². The summed E-state index contributed by atoms with van der Waals surface area (Å²) in [5.41, 5.74) is 0. The van der Waals surface area contributed by atoms with Gasteiger partial charge in [-0.05, 0) is 0 Å². The number of ether oxygens (including phenoxy) is 2. The van der Waals surface area contributed by atoms with E-state index in [0.29, 0.717) is 39.4 Å². The maximum atomic E-state index is 10.4. The summed E-state index contributed by atoms with van der Waals surface area (Å²) in [4.78, 5) is 10.4. The zero-order valence-corrected chi connectivity index (χ0v) is 10.5. The first-order valence-corrected chi connectivity index (χ1v) is 5.60. The Labute approximate surface area is 98.7 Å². The van der Waals surface area contributed by atoms with E-state index >= 15 is 0 Å². The van der Waals surface area contributed by atoms with Crippen molar-refractivity contribution in [1.29, 1.82) is 0 Å². The molecule has 16 heavy (non-hydrogen) atoms. The lowest BCUT2D eigenvalue weighted by atomic mass is 10.5. The molecule has 94 valence electrons. The van der Waals surface area contributed by atoms with Crippen molar-refractivity contribution in [3.63, 3.8) is 0 Å². The minimum Gasteiger partial charge on any atom is -0.378 e. The molecule has 1 N–H and O–H groups in total. The third kappa shape index (κ3) is 18.7. The Morgan fingerprint density at radius 3 is 2.25 bits per heavy atom. The second-order valence-corrected chi connectivity index (χ2v) is 2.66. The highest BCUT2D eigenvalue weighted by Crippen LogP contribution is 1.81. The van der Waals surface area contributed by atoms with E-state index in [2.05, 4.69) is 11.2 Å². The van der Waals surface area contributed by atoms with E-state index in [4.69, 9.17) is 15.9 Å². The van der Waals surface area contributed by atoms with E-state index in [9.17, 15) is 4.79 Å². The molecule has 0 saturated carbocycles. The summed E-state index contributed by atoms with van der Waals surface area (Å²) in [6.07, 6.45) is 5.67.